The van der Waals surface area contributed by atoms with Crippen molar-refractivity contribution in [2.75, 3.05) is 55.4 Å². The van der Waals surface area contributed by atoms with Gasteiger partial charge in [-0.1, -0.05) is 30.8 Å². The number of likely N-dealkylation sites (tertiary alicyclic amines) is 1. The topological polar surface area (TPSA) is 129 Å². The highest BCUT2D eigenvalue weighted by Crippen LogP contribution is 2.30. The first kappa shape index (κ1) is 27.9. The van der Waals surface area contributed by atoms with Gasteiger partial charge in [0.25, 0.3) is 5.91 Å². The molecule has 5 rings (SSSR count). The second-order valence-electron chi connectivity index (χ2n) is 10.5. The zero-order valence-corrected chi connectivity index (χ0v) is 23.3. The highest BCUT2D eigenvalue weighted by Gasteiger charge is 2.32. The molecule has 0 bridgehead atoms. The smallest absolute Gasteiger partial charge is 0.274 e. The van der Waals surface area contributed by atoms with Crippen LogP contribution in [0, 0.1) is 11.3 Å². The molecule has 2 aliphatic heterocycles. The predicted molar refractivity (Wildman–Crippen MR) is 158 cm³/mol. The average molecular weight is 555 g/mol. The van der Waals surface area contributed by atoms with Crippen molar-refractivity contribution in [3.63, 3.8) is 0 Å². The molecule has 41 heavy (non-hydrogen) atoms. The first-order valence-electron chi connectivity index (χ1n) is 13.7. The van der Waals surface area contributed by atoms with Gasteiger partial charge in [0.05, 0.1) is 30.4 Å². The number of carbonyl (C=O) groups is 2. The Morgan fingerprint density at radius 3 is 2.76 bits per heavy atom. The Morgan fingerprint density at radius 1 is 1.22 bits per heavy atom. The van der Waals surface area contributed by atoms with Gasteiger partial charge in [-0.25, -0.2) is 4.98 Å². The van der Waals surface area contributed by atoms with Crippen LogP contribution >= 0.6 is 0 Å². The third-order valence-corrected chi connectivity index (χ3v) is 7.86. The zero-order chi connectivity index (χ0) is 29.1. The van der Waals surface area contributed by atoms with E-state index in [9.17, 15) is 20.0 Å². The fraction of sp³-hybridized carbons (Fsp3) is 0.367. The second kappa shape index (κ2) is 11.8. The van der Waals surface area contributed by atoms with Crippen LogP contribution in [0.3, 0.4) is 0 Å². The van der Waals surface area contributed by atoms with Gasteiger partial charge in [0.15, 0.2) is 0 Å². The molecule has 212 valence electrons. The van der Waals surface area contributed by atoms with Gasteiger partial charge in [-0.15, -0.1) is 0 Å². The quantitative estimate of drug-likeness (QED) is 0.423. The Kier molecular flexibility index (Phi) is 8.03. The van der Waals surface area contributed by atoms with Crippen molar-refractivity contribution in [2.24, 2.45) is 0 Å². The number of carbonyl (C=O) groups excluding carboxylic acids is 2. The van der Waals surface area contributed by atoms with Crippen LogP contribution in [-0.2, 0) is 4.79 Å². The van der Waals surface area contributed by atoms with E-state index in [1.807, 2.05) is 41.1 Å². The van der Waals surface area contributed by atoms with Crippen LogP contribution in [0.1, 0.15) is 29.8 Å². The lowest BCUT2D eigenvalue weighted by molar-refractivity contribution is -0.128. The molecule has 3 aromatic rings. The van der Waals surface area contributed by atoms with Gasteiger partial charge >= 0.3 is 0 Å². The summed E-state index contributed by atoms with van der Waals surface area (Å²) in [5.41, 5.74) is 0.646. The highest BCUT2D eigenvalue weighted by molar-refractivity contribution is 6.09. The fourth-order valence-corrected chi connectivity index (χ4v) is 5.71. The van der Waals surface area contributed by atoms with Crippen molar-refractivity contribution >= 4 is 40.0 Å². The van der Waals surface area contributed by atoms with E-state index in [1.165, 1.54) is 12.1 Å². The molecule has 2 atom stereocenters. The van der Waals surface area contributed by atoms with Crippen LogP contribution in [0.15, 0.2) is 55.1 Å². The van der Waals surface area contributed by atoms with Crippen molar-refractivity contribution in [3.05, 3.63) is 60.8 Å². The number of phenolic OH excluding ortho intramolecular Hbond substituents is 1. The molecule has 2 aromatic carbocycles. The maximum Gasteiger partial charge on any atom is 0.274 e. The highest BCUT2D eigenvalue weighted by atomic mass is 16.3. The van der Waals surface area contributed by atoms with Crippen molar-refractivity contribution in [1.82, 2.24) is 19.8 Å². The van der Waals surface area contributed by atoms with Gasteiger partial charge in [0.2, 0.25) is 11.9 Å². The minimum absolute atomic E-state index is 0.0440. The van der Waals surface area contributed by atoms with E-state index in [1.54, 1.807) is 17.0 Å². The molecule has 3 heterocycles. The normalized spacial score (nSPS) is 19.1. The summed E-state index contributed by atoms with van der Waals surface area (Å²) in [6, 6.07) is 14.1. The zero-order valence-electron chi connectivity index (χ0n) is 23.3. The molecule has 2 fully saturated rings. The molecular formula is C30H34N8O3. The summed E-state index contributed by atoms with van der Waals surface area (Å²) in [6.45, 7) is 5.81. The van der Waals surface area contributed by atoms with Gasteiger partial charge in [0.1, 0.15) is 17.3 Å². The number of piperazine rings is 1. The van der Waals surface area contributed by atoms with E-state index in [-0.39, 0.29) is 36.0 Å². The molecule has 11 heteroatoms. The Balaban J connectivity index is 1.50. The van der Waals surface area contributed by atoms with Crippen LogP contribution in [0.2, 0.25) is 0 Å². The Hall–Kier alpha value is -4.69. The van der Waals surface area contributed by atoms with Crippen LogP contribution < -0.4 is 15.1 Å². The second-order valence-corrected chi connectivity index (χ2v) is 10.5. The third kappa shape index (κ3) is 5.78. The molecule has 0 radical (unpaired) electrons. The minimum atomic E-state index is -0.437. The number of anilines is 3. The maximum atomic E-state index is 13.7. The van der Waals surface area contributed by atoms with E-state index in [0.717, 1.165) is 30.2 Å². The van der Waals surface area contributed by atoms with E-state index in [4.69, 9.17) is 4.98 Å². The number of fused-ring (bicyclic) bond motifs is 1. The number of hydrogen-bond acceptors (Lipinski definition) is 9. The first-order chi connectivity index (χ1) is 19.8. The summed E-state index contributed by atoms with van der Waals surface area (Å²) in [7, 11) is 3.98. The Morgan fingerprint density at radius 2 is 2.02 bits per heavy atom. The number of hydrogen-bond donors (Lipinski definition) is 2. The lowest BCUT2D eigenvalue weighted by atomic mass is 10.1. The van der Waals surface area contributed by atoms with Gasteiger partial charge in [-0.05, 0) is 44.0 Å². The molecular weight excluding hydrogens is 520 g/mol. The van der Waals surface area contributed by atoms with Crippen LogP contribution in [0.25, 0.3) is 10.8 Å². The number of benzene rings is 2. The molecule has 1 aromatic heterocycles. The van der Waals surface area contributed by atoms with E-state index in [0.29, 0.717) is 37.1 Å². The molecule has 2 saturated heterocycles. The third-order valence-electron chi connectivity index (χ3n) is 7.86. The van der Waals surface area contributed by atoms with E-state index in [2.05, 4.69) is 34.9 Å². The van der Waals surface area contributed by atoms with Gasteiger partial charge in [-0.2, -0.15) is 10.2 Å². The average Bonchev–Trinajstić information content (AvgIpc) is 3.41. The lowest BCUT2D eigenvalue weighted by Crippen LogP contribution is -2.55. The van der Waals surface area contributed by atoms with Gasteiger partial charge < -0.3 is 25.1 Å². The molecule has 0 aliphatic carbocycles. The summed E-state index contributed by atoms with van der Waals surface area (Å²) in [5.74, 6) is 0.349. The van der Waals surface area contributed by atoms with Crippen molar-refractivity contribution in [1.29, 1.82) is 5.26 Å². The number of aromatic nitrogens is 2. The number of aromatic hydroxyl groups is 1. The molecule has 1 unspecified atom stereocenters. The predicted octanol–water partition coefficient (Wildman–Crippen LogP) is 3.19. The number of rotatable bonds is 7. The number of nitrogens with one attached hydrogen (secondary N) is 1. The molecule has 2 amide bonds. The summed E-state index contributed by atoms with van der Waals surface area (Å²) in [6.07, 6.45) is 3.52. The molecule has 11 nitrogen and oxygen atoms in total. The monoisotopic (exact) mass is 554 g/mol. The van der Waals surface area contributed by atoms with Crippen molar-refractivity contribution < 1.29 is 14.7 Å². The number of nitriles is 1. The van der Waals surface area contributed by atoms with E-state index < -0.39 is 5.91 Å². The maximum absolute atomic E-state index is 13.7. The molecule has 0 saturated carbocycles. The molecule has 0 spiro atoms. The largest absolute Gasteiger partial charge is 0.508 e. The summed E-state index contributed by atoms with van der Waals surface area (Å²) in [5, 5.41) is 24.2. The summed E-state index contributed by atoms with van der Waals surface area (Å²) in [4.78, 5) is 43.5. The van der Waals surface area contributed by atoms with Gasteiger partial charge in [-0.3, -0.25) is 14.5 Å². The van der Waals surface area contributed by atoms with Crippen LogP contribution in [0.5, 0.6) is 5.75 Å². The lowest BCUT2D eigenvalue weighted by Gasteiger charge is -2.41. The van der Waals surface area contributed by atoms with Crippen LogP contribution in [0.4, 0.5) is 17.5 Å². The van der Waals surface area contributed by atoms with Crippen LogP contribution in [-0.4, -0.2) is 89.2 Å². The van der Waals surface area contributed by atoms with Gasteiger partial charge in [0, 0.05) is 44.2 Å². The molecule has 2 aliphatic rings. The van der Waals surface area contributed by atoms with E-state index >= 15 is 0 Å². The summed E-state index contributed by atoms with van der Waals surface area (Å²) >= 11 is 0. The fourth-order valence-electron chi connectivity index (χ4n) is 5.71. The minimum Gasteiger partial charge on any atom is -0.508 e. The van der Waals surface area contributed by atoms with Crippen molar-refractivity contribution in [3.8, 4) is 11.8 Å². The van der Waals surface area contributed by atoms with Crippen molar-refractivity contribution in [2.45, 2.75) is 31.5 Å². The first-order valence-corrected chi connectivity index (χ1v) is 13.7. The number of nitrogens with zero attached hydrogens (tertiary/aromatic N) is 7. The summed E-state index contributed by atoms with van der Waals surface area (Å²) < 4.78 is 0. The Labute approximate surface area is 239 Å². The number of amides is 2. The number of phenols is 1. The SMILES string of the molecule is C=CC(=O)N1CCN(c2cc(C(=O)Nc3cc(O)cc4ccccc34)nc(N(C)C3CCCN3C)n2)C[C@@H]1CC#N. The molecule has 2 N–H and O–H groups in total. The Bertz CT molecular complexity index is 1520. The standard InChI is InChI=1S/C30H34N8O3/c1-4-28(40)38-15-14-37(19-21(38)11-12-31)26-18-25(33-30(34-26)36(3)27-10-7-13-35(27)2)29(41)32-24-17-22(39)16-20-8-5-6-9-23(20)24/h4-6,8-9,16-18,21,27,39H,1,7,10-11,13-15,19H2,2-3H3,(H,32,41)/t21-,27?/m0/s1.